The van der Waals surface area contributed by atoms with Crippen molar-refractivity contribution in [2.75, 3.05) is 0 Å². The summed E-state index contributed by atoms with van der Waals surface area (Å²) in [7, 11) is 0. The maximum absolute atomic E-state index is 11.7. The van der Waals surface area contributed by atoms with Crippen molar-refractivity contribution >= 4 is 11.7 Å². The topological polar surface area (TPSA) is 90.1 Å². The van der Waals surface area contributed by atoms with E-state index in [1.807, 2.05) is 0 Å². The summed E-state index contributed by atoms with van der Waals surface area (Å²) in [5, 5.41) is 13.5. The first-order chi connectivity index (χ1) is 9.15. The lowest BCUT2D eigenvalue weighted by Gasteiger charge is -2.22. The average molecular weight is 266 g/mol. The number of aromatic nitrogens is 2. The number of rotatable bonds is 5. The molecule has 1 amide bonds. The summed E-state index contributed by atoms with van der Waals surface area (Å²) in [5.41, 5.74) is 0. The third-order valence-electron chi connectivity index (χ3n) is 3.37. The number of nitrogens with one attached hydrogen (secondary N) is 1. The standard InChI is InChI=1S/C12H18N4O3/c17-12(14-10-4-2-1-3-5-10)6-7-15-8-11(13-9-15)16(18)19/h8-10H,1-7H2,(H,14,17). The van der Waals surface area contributed by atoms with E-state index in [4.69, 9.17) is 0 Å². The zero-order valence-electron chi connectivity index (χ0n) is 10.7. The molecule has 1 saturated carbocycles. The number of amides is 1. The highest BCUT2D eigenvalue weighted by molar-refractivity contribution is 5.76. The van der Waals surface area contributed by atoms with Gasteiger partial charge in [-0.2, -0.15) is 0 Å². The van der Waals surface area contributed by atoms with Crippen LogP contribution in [0, 0.1) is 10.1 Å². The SMILES string of the molecule is O=C(CCn1cnc([N+](=O)[O-])c1)NC1CCCCC1. The third-order valence-corrected chi connectivity index (χ3v) is 3.37. The zero-order valence-corrected chi connectivity index (χ0v) is 10.7. The Kier molecular flexibility index (Phi) is 4.48. The lowest BCUT2D eigenvalue weighted by Crippen LogP contribution is -2.36. The first-order valence-corrected chi connectivity index (χ1v) is 6.60. The largest absolute Gasteiger partial charge is 0.381 e. The number of nitro groups is 1. The Bertz CT molecular complexity index is 452. The summed E-state index contributed by atoms with van der Waals surface area (Å²) < 4.78 is 1.57. The molecule has 1 heterocycles. The Morgan fingerprint density at radius 3 is 2.84 bits per heavy atom. The monoisotopic (exact) mass is 266 g/mol. The van der Waals surface area contributed by atoms with E-state index in [-0.39, 0.29) is 11.7 Å². The molecule has 0 spiro atoms. The molecular formula is C12H18N4O3. The van der Waals surface area contributed by atoms with Gasteiger partial charge in [0, 0.05) is 19.0 Å². The van der Waals surface area contributed by atoms with Gasteiger partial charge >= 0.3 is 5.82 Å². The molecule has 1 N–H and O–H groups in total. The van der Waals surface area contributed by atoms with Crippen LogP contribution in [-0.2, 0) is 11.3 Å². The fourth-order valence-corrected chi connectivity index (χ4v) is 2.34. The molecule has 0 unspecified atom stereocenters. The fourth-order valence-electron chi connectivity index (χ4n) is 2.34. The van der Waals surface area contributed by atoms with Crippen LogP contribution in [0.25, 0.3) is 0 Å². The van der Waals surface area contributed by atoms with Crippen LogP contribution < -0.4 is 5.32 Å². The quantitative estimate of drug-likeness (QED) is 0.647. The van der Waals surface area contributed by atoms with Crippen LogP contribution in [0.2, 0.25) is 0 Å². The van der Waals surface area contributed by atoms with Crippen molar-refractivity contribution in [1.29, 1.82) is 0 Å². The Balaban J connectivity index is 1.74. The summed E-state index contributed by atoms with van der Waals surface area (Å²) >= 11 is 0. The maximum atomic E-state index is 11.7. The van der Waals surface area contributed by atoms with Gasteiger partial charge in [-0.15, -0.1) is 0 Å². The predicted octanol–water partition coefficient (Wildman–Crippen LogP) is 1.63. The van der Waals surface area contributed by atoms with Gasteiger partial charge in [0.05, 0.1) is 0 Å². The van der Waals surface area contributed by atoms with Crippen molar-refractivity contribution in [1.82, 2.24) is 14.9 Å². The maximum Gasteiger partial charge on any atom is 0.381 e. The molecule has 0 saturated heterocycles. The molecule has 1 fully saturated rings. The lowest BCUT2D eigenvalue weighted by molar-refractivity contribution is -0.389. The minimum Gasteiger partial charge on any atom is -0.358 e. The van der Waals surface area contributed by atoms with Crippen molar-refractivity contribution < 1.29 is 9.72 Å². The van der Waals surface area contributed by atoms with Gasteiger partial charge in [0.15, 0.2) is 0 Å². The molecule has 1 aromatic rings. The van der Waals surface area contributed by atoms with Gasteiger partial charge in [-0.05, 0) is 22.7 Å². The zero-order chi connectivity index (χ0) is 13.7. The molecule has 0 aromatic carbocycles. The van der Waals surface area contributed by atoms with Crippen LogP contribution in [0.5, 0.6) is 0 Å². The molecular weight excluding hydrogens is 248 g/mol. The van der Waals surface area contributed by atoms with Gasteiger partial charge in [-0.3, -0.25) is 4.79 Å². The number of hydrogen-bond donors (Lipinski definition) is 1. The molecule has 2 rings (SSSR count). The molecule has 0 atom stereocenters. The van der Waals surface area contributed by atoms with E-state index in [2.05, 4.69) is 10.3 Å². The van der Waals surface area contributed by atoms with E-state index in [0.29, 0.717) is 19.0 Å². The van der Waals surface area contributed by atoms with Crippen molar-refractivity contribution in [3.8, 4) is 0 Å². The number of carbonyl (C=O) groups excluding carboxylic acids is 1. The number of nitrogens with zero attached hydrogens (tertiary/aromatic N) is 3. The van der Waals surface area contributed by atoms with Gasteiger partial charge in [0.2, 0.25) is 12.2 Å². The van der Waals surface area contributed by atoms with Crippen molar-refractivity contribution in [3.63, 3.8) is 0 Å². The molecule has 0 radical (unpaired) electrons. The molecule has 7 nitrogen and oxygen atoms in total. The second-order valence-corrected chi connectivity index (χ2v) is 4.88. The molecule has 0 aliphatic heterocycles. The second-order valence-electron chi connectivity index (χ2n) is 4.88. The summed E-state index contributed by atoms with van der Waals surface area (Å²) in [4.78, 5) is 25.3. The van der Waals surface area contributed by atoms with Gasteiger partial charge in [-0.1, -0.05) is 19.3 Å². The number of imidazole rings is 1. The number of carbonyl (C=O) groups is 1. The molecule has 19 heavy (non-hydrogen) atoms. The fraction of sp³-hybridized carbons (Fsp3) is 0.667. The van der Waals surface area contributed by atoms with Gasteiger partial charge in [0.1, 0.15) is 6.20 Å². The van der Waals surface area contributed by atoms with Gasteiger partial charge < -0.3 is 20.0 Å². The summed E-state index contributed by atoms with van der Waals surface area (Å²) in [6, 6.07) is 0.304. The van der Waals surface area contributed by atoms with Crippen LogP contribution in [0.3, 0.4) is 0 Å². The van der Waals surface area contributed by atoms with Gasteiger partial charge in [0.25, 0.3) is 0 Å². The first kappa shape index (κ1) is 13.5. The molecule has 1 aliphatic rings. The number of aryl methyl sites for hydroxylation is 1. The highest BCUT2D eigenvalue weighted by Crippen LogP contribution is 2.17. The molecule has 104 valence electrons. The smallest absolute Gasteiger partial charge is 0.358 e. The lowest BCUT2D eigenvalue weighted by atomic mass is 9.95. The Hall–Kier alpha value is -1.92. The van der Waals surface area contributed by atoms with Crippen molar-refractivity contribution in [2.24, 2.45) is 0 Å². The summed E-state index contributed by atoms with van der Waals surface area (Å²) in [6.45, 7) is 0.416. The molecule has 7 heteroatoms. The van der Waals surface area contributed by atoms with Crippen LogP contribution in [0.1, 0.15) is 38.5 Å². The van der Waals surface area contributed by atoms with Crippen LogP contribution in [-0.4, -0.2) is 26.4 Å². The minimum absolute atomic E-state index is 0.00301. The van der Waals surface area contributed by atoms with E-state index in [9.17, 15) is 14.9 Å². The third kappa shape index (κ3) is 4.04. The normalized spacial score (nSPS) is 16.2. The Morgan fingerprint density at radius 2 is 2.21 bits per heavy atom. The highest BCUT2D eigenvalue weighted by Gasteiger charge is 2.16. The van der Waals surface area contributed by atoms with Crippen LogP contribution >= 0.6 is 0 Å². The highest BCUT2D eigenvalue weighted by atomic mass is 16.6. The van der Waals surface area contributed by atoms with E-state index in [1.165, 1.54) is 31.8 Å². The van der Waals surface area contributed by atoms with Crippen molar-refractivity contribution in [3.05, 3.63) is 22.6 Å². The van der Waals surface area contributed by atoms with E-state index < -0.39 is 4.92 Å². The molecule has 1 aromatic heterocycles. The van der Waals surface area contributed by atoms with E-state index >= 15 is 0 Å². The second kappa shape index (κ2) is 6.31. The Labute approximate surface area is 111 Å². The molecule has 1 aliphatic carbocycles. The van der Waals surface area contributed by atoms with E-state index in [0.717, 1.165) is 12.8 Å². The summed E-state index contributed by atoms with van der Waals surface area (Å²) in [5.74, 6) is -0.184. The van der Waals surface area contributed by atoms with Gasteiger partial charge in [-0.25, -0.2) is 0 Å². The first-order valence-electron chi connectivity index (χ1n) is 6.60. The summed E-state index contributed by atoms with van der Waals surface area (Å²) in [6.07, 6.45) is 8.77. The van der Waals surface area contributed by atoms with E-state index in [1.54, 1.807) is 4.57 Å². The van der Waals surface area contributed by atoms with Crippen LogP contribution in [0.4, 0.5) is 5.82 Å². The Morgan fingerprint density at radius 1 is 1.47 bits per heavy atom. The number of hydrogen-bond acceptors (Lipinski definition) is 4. The van der Waals surface area contributed by atoms with Crippen molar-refractivity contribution in [2.45, 2.75) is 51.1 Å². The predicted molar refractivity (Wildman–Crippen MR) is 68.5 cm³/mol. The van der Waals surface area contributed by atoms with Crippen LogP contribution in [0.15, 0.2) is 12.5 Å². The molecule has 0 bridgehead atoms. The minimum atomic E-state index is -0.543. The average Bonchev–Trinajstić information content (AvgIpc) is 2.86.